The normalized spacial score (nSPS) is 14.9. The van der Waals surface area contributed by atoms with Crippen LogP contribution in [0.5, 0.6) is 5.75 Å². The Morgan fingerprint density at radius 2 is 1.71 bits per heavy atom. The van der Waals surface area contributed by atoms with Crippen LogP contribution in [-0.2, 0) is 4.79 Å². The molecule has 1 atom stereocenters. The van der Waals surface area contributed by atoms with Crippen molar-refractivity contribution in [3.05, 3.63) is 66.0 Å². The number of hydrogen-bond donors (Lipinski definition) is 0. The second-order valence-corrected chi connectivity index (χ2v) is 7.85. The van der Waals surface area contributed by atoms with Crippen LogP contribution in [0, 0.1) is 13.8 Å². The van der Waals surface area contributed by atoms with Crippen LogP contribution in [0.25, 0.3) is 11.3 Å². The number of anilines is 1. The molecule has 0 radical (unpaired) electrons. The van der Waals surface area contributed by atoms with Crippen LogP contribution in [-0.4, -0.2) is 58.3 Å². The first-order valence-electron chi connectivity index (χ1n) is 10.5. The van der Waals surface area contributed by atoms with Gasteiger partial charge in [-0.3, -0.25) is 9.78 Å². The topological polar surface area (TPSA) is 71.5 Å². The van der Waals surface area contributed by atoms with Crippen molar-refractivity contribution in [2.24, 2.45) is 0 Å². The summed E-state index contributed by atoms with van der Waals surface area (Å²) in [5.41, 5.74) is 3.95. The number of pyridine rings is 1. The minimum Gasteiger partial charge on any atom is -0.481 e. The van der Waals surface area contributed by atoms with Gasteiger partial charge in [0.1, 0.15) is 5.75 Å². The fraction of sp³-hybridized carbons (Fsp3) is 0.333. The largest absolute Gasteiger partial charge is 0.481 e. The van der Waals surface area contributed by atoms with E-state index in [1.165, 1.54) is 0 Å². The van der Waals surface area contributed by atoms with E-state index in [4.69, 9.17) is 4.74 Å². The summed E-state index contributed by atoms with van der Waals surface area (Å²) in [5.74, 6) is 1.60. The fourth-order valence-corrected chi connectivity index (χ4v) is 3.66. The van der Waals surface area contributed by atoms with Gasteiger partial charge in [0.2, 0.25) is 0 Å². The molecule has 1 amide bonds. The Morgan fingerprint density at radius 3 is 2.39 bits per heavy atom. The molecule has 1 aliphatic rings. The van der Waals surface area contributed by atoms with Crippen molar-refractivity contribution in [3.8, 4) is 17.0 Å². The Labute approximate surface area is 182 Å². The second-order valence-electron chi connectivity index (χ2n) is 7.85. The van der Waals surface area contributed by atoms with Crippen molar-refractivity contribution in [2.75, 3.05) is 31.1 Å². The number of rotatable bonds is 5. The smallest absolute Gasteiger partial charge is 0.263 e. The number of carbonyl (C=O) groups excluding carboxylic acids is 1. The summed E-state index contributed by atoms with van der Waals surface area (Å²) in [7, 11) is 0. The van der Waals surface area contributed by atoms with Gasteiger partial charge in [0.15, 0.2) is 11.9 Å². The van der Waals surface area contributed by atoms with Crippen LogP contribution < -0.4 is 9.64 Å². The van der Waals surface area contributed by atoms with Crippen LogP contribution in [0.1, 0.15) is 18.1 Å². The number of benzene rings is 1. The van der Waals surface area contributed by atoms with E-state index in [2.05, 4.69) is 20.1 Å². The third-order valence-corrected chi connectivity index (χ3v) is 5.54. The molecule has 0 bridgehead atoms. The number of hydrogen-bond acceptors (Lipinski definition) is 6. The highest BCUT2D eigenvalue weighted by molar-refractivity contribution is 5.81. The average molecular weight is 418 g/mol. The van der Waals surface area contributed by atoms with Gasteiger partial charge in [-0.15, -0.1) is 10.2 Å². The molecule has 0 spiro atoms. The number of nitrogens with zero attached hydrogens (tertiary/aromatic N) is 5. The summed E-state index contributed by atoms with van der Waals surface area (Å²) >= 11 is 0. The lowest BCUT2D eigenvalue weighted by Crippen LogP contribution is -2.52. The highest BCUT2D eigenvalue weighted by Crippen LogP contribution is 2.22. The van der Waals surface area contributed by atoms with Crippen molar-refractivity contribution in [1.29, 1.82) is 0 Å². The Morgan fingerprint density at radius 1 is 0.968 bits per heavy atom. The number of piperazine rings is 1. The molecule has 2 aromatic heterocycles. The summed E-state index contributed by atoms with van der Waals surface area (Å²) in [6.45, 7) is 8.52. The van der Waals surface area contributed by atoms with Crippen LogP contribution in [0.2, 0.25) is 0 Å². The average Bonchev–Trinajstić information content (AvgIpc) is 2.82. The van der Waals surface area contributed by atoms with Gasteiger partial charge in [0, 0.05) is 44.1 Å². The zero-order valence-electron chi connectivity index (χ0n) is 18.2. The molecule has 0 aliphatic carbocycles. The summed E-state index contributed by atoms with van der Waals surface area (Å²) in [6.07, 6.45) is 2.96. The maximum atomic E-state index is 12.9. The Bertz CT molecular complexity index is 1030. The maximum Gasteiger partial charge on any atom is 0.263 e. The van der Waals surface area contributed by atoms with Crippen molar-refractivity contribution < 1.29 is 9.53 Å². The van der Waals surface area contributed by atoms with Crippen molar-refractivity contribution in [1.82, 2.24) is 20.1 Å². The third kappa shape index (κ3) is 4.82. The molecule has 31 heavy (non-hydrogen) atoms. The zero-order chi connectivity index (χ0) is 21.8. The Kier molecular flexibility index (Phi) is 6.11. The first kappa shape index (κ1) is 20.8. The molecule has 3 aromatic rings. The third-order valence-electron chi connectivity index (χ3n) is 5.54. The Balaban J connectivity index is 1.33. The number of amides is 1. The molecule has 4 rings (SSSR count). The van der Waals surface area contributed by atoms with Gasteiger partial charge >= 0.3 is 0 Å². The van der Waals surface area contributed by atoms with Gasteiger partial charge in [-0.1, -0.05) is 12.1 Å². The van der Waals surface area contributed by atoms with Crippen LogP contribution in [0.4, 0.5) is 5.82 Å². The summed E-state index contributed by atoms with van der Waals surface area (Å²) in [5, 5.41) is 8.73. The monoisotopic (exact) mass is 417 g/mol. The molecule has 7 heteroatoms. The van der Waals surface area contributed by atoms with Crippen molar-refractivity contribution >= 4 is 11.7 Å². The highest BCUT2D eigenvalue weighted by atomic mass is 16.5. The second kappa shape index (κ2) is 9.12. The van der Waals surface area contributed by atoms with E-state index in [0.717, 1.165) is 34.0 Å². The van der Waals surface area contributed by atoms with Crippen molar-refractivity contribution in [3.63, 3.8) is 0 Å². The number of carbonyl (C=O) groups is 1. The predicted molar refractivity (Wildman–Crippen MR) is 120 cm³/mol. The maximum absolute atomic E-state index is 12.9. The van der Waals surface area contributed by atoms with E-state index in [9.17, 15) is 4.79 Å². The minimum absolute atomic E-state index is 0.0136. The molecule has 1 aromatic carbocycles. The molecule has 3 heterocycles. The molecule has 160 valence electrons. The number of aryl methyl sites for hydroxylation is 2. The van der Waals surface area contributed by atoms with Gasteiger partial charge < -0.3 is 14.5 Å². The lowest BCUT2D eigenvalue weighted by molar-refractivity contribution is -0.138. The molecule has 1 fully saturated rings. The van der Waals surface area contributed by atoms with Crippen LogP contribution >= 0.6 is 0 Å². The lowest BCUT2D eigenvalue weighted by Gasteiger charge is -2.36. The zero-order valence-corrected chi connectivity index (χ0v) is 18.2. The van der Waals surface area contributed by atoms with Gasteiger partial charge in [-0.25, -0.2) is 0 Å². The van der Waals surface area contributed by atoms with E-state index < -0.39 is 6.10 Å². The molecule has 0 N–H and O–H groups in total. The molecule has 1 unspecified atom stereocenters. The number of aromatic nitrogens is 3. The van der Waals surface area contributed by atoms with Crippen LogP contribution in [0.3, 0.4) is 0 Å². The Hall–Kier alpha value is -3.48. The lowest BCUT2D eigenvalue weighted by atomic mass is 10.1. The molecule has 0 saturated carbocycles. The summed E-state index contributed by atoms with van der Waals surface area (Å²) in [4.78, 5) is 20.9. The molecule has 7 nitrogen and oxygen atoms in total. The van der Waals surface area contributed by atoms with Gasteiger partial charge in [0.05, 0.1) is 5.69 Å². The molecule has 1 aliphatic heterocycles. The highest BCUT2D eigenvalue weighted by Gasteiger charge is 2.27. The first-order valence-corrected chi connectivity index (χ1v) is 10.5. The summed E-state index contributed by atoms with van der Waals surface area (Å²) < 4.78 is 5.98. The quantitative estimate of drug-likeness (QED) is 0.635. The van der Waals surface area contributed by atoms with E-state index in [0.29, 0.717) is 26.2 Å². The first-order chi connectivity index (χ1) is 15.0. The van der Waals surface area contributed by atoms with Crippen molar-refractivity contribution in [2.45, 2.75) is 26.9 Å². The SMILES string of the molecule is Cc1ccc(C)c(OC(C)C(=O)N2CCN(c3ccc(-c4ccncc4)nn3)CC2)c1. The van der Waals surface area contributed by atoms with E-state index in [-0.39, 0.29) is 5.91 Å². The fourth-order valence-electron chi connectivity index (χ4n) is 3.66. The molecular formula is C24H27N5O2. The minimum atomic E-state index is -0.522. The van der Waals surface area contributed by atoms with Gasteiger partial charge in [0.25, 0.3) is 5.91 Å². The summed E-state index contributed by atoms with van der Waals surface area (Å²) in [6, 6.07) is 13.8. The van der Waals surface area contributed by atoms with Gasteiger partial charge in [-0.05, 0) is 62.2 Å². The number of ether oxygens (including phenoxy) is 1. The van der Waals surface area contributed by atoms with Crippen LogP contribution in [0.15, 0.2) is 54.9 Å². The predicted octanol–water partition coefficient (Wildman–Crippen LogP) is 3.27. The molecule has 1 saturated heterocycles. The molecular weight excluding hydrogens is 390 g/mol. The van der Waals surface area contributed by atoms with E-state index in [1.807, 2.05) is 68.1 Å². The standard InChI is InChI=1S/C24H27N5O2/c1-17-4-5-18(2)22(16-17)31-19(3)24(30)29-14-12-28(13-15-29)23-7-6-21(26-27-23)20-8-10-25-11-9-20/h4-11,16,19H,12-15H2,1-3H3. The van der Waals surface area contributed by atoms with E-state index in [1.54, 1.807) is 12.4 Å². The van der Waals surface area contributed by atoms with Gasteiger partial charge in [-0.2, -0.15) is 0 Å². The van der Waals surface area contributed by atoms with E-state index >= 15 is 0 Å².